The minimum Gasteiger partial charge on any atom is -0.384 e. The fourth-order valence-electron chi connectivity index (χ4n) is 8.64. The first-order chi connectivity index (χ1) is 15.6. The van der Waals surface area contributed by atoms with Crippen LogP contribution in [0.1, 0.15) is 77.3 Å². The van der Waals surface area contributed by atoms with Crippen molar-refractivity contribution in [3.8, 4) is 6.07 Å². The van der Waals surface area contributed by atoms with Gasteiger partial charge in [0.1, 0.15) is 11.8 Å². The third kappa shape index (κ3) is 4.07. The monoisotopic (exact) mass is 435 g/mol. The summed E-state index contributed by atoms with van der Waals surface area (Å²) in [6.45, 7) is 7.66. The third-order valence-corrected chi connectivity index (χ3v) is 10.2. The summed E-state index contributed by atoms with van der Waals surface area (Å²) < 4.78 is 5.78. The molecule has 2 unspecified atom stereocenters. The minimum atomic E-state index is 0.490. The molecule has 4 aliphatic carbocycles. The number of hydrogen-bond acceptors (Lipinski definition) is 4. The Labute approximate surface area is 194 Å². The second-order valence-electron chi connectivity index (χ2n) is 11.5. The number of nitrogens with zero attached hydrogens (tertiary/aromatic N) is 2. The number of nitrogens with one attached hydrogen (secondary N) is 1. The summed E-state index contributed by atoms with van der Waals surface area (Å²) in [5.41, 5.74) is 2.03. The maximum absolute atomic E-state index is 8.97. The largest absolute Gasteiger partial charge is 0.384 e. The lowest BCUT2D eigenvalue weighted by molar-refractivity contribution is -0.0714. The van der Waals surface area contributed by atoms with Crippen LogP contribution in [0.25, 0.3) is 0 Å². The van der Waals surface area contributed by atoms with Gasteiger partial charge < -0.3 is 10.1 Å². The molecule has 32 heavy (non-hydrogen) atoms. The summed E-state index contributed by atoms with van der Waals surface area (Å²) in [5.74, 6) is 6.44. The van der Waals surface area contributed by atoms with Gasteiger partial charge in [-0.1, -0.05) is 6.92 Å². The highest BCUT2D eigenvalue weighted by molar-refractivity contribution is 5.42. The van der Waals surface area contributed by atoms with E-state index in [2.05, 4.69) is 30.2 Å². The Morgan fingerprint density at radius 3 is 2.75 bits per heavy atom. The van der Waals surface area contributed by atoms with E-state index in [1.165, 1.54) is 57.8 Å². The molecule has 4 aliphatic rings. The van der Waals surface area contributed by atoms with Crippen molar-refractivity contribution >= 4 is 5.69 Å². The van der Waals surface area contributed by atoms with Gasteiger partial charge in [0, 0.05) is 19.8 Å². The molecule has 4 heteroatoms. The molecule has 1 N–H and O–H groups in total. The summed E-state index contributed by atoms with van der Waals surface area (Å²) in [6, 6.07) is 5.92. The van der Waals surface area contributed by atoms with Gasteiger partial charge in [-0.25, -0.2) is 4.98 Å². The van der Waals surface area contributed by atoms with E-state index in [1.54, 1.807) is 0 Å². The van der Waals surface area contributed by atoms with Crippen molar-refractivity contribution in [3.05, 3.63) is 24.0 Å². The fourth-order valence-corrected chi connectivity index (χ4v) is 8.64. The Morgan fingerprint density at radius 1 is 1.09 bits per heavy atom. The molecular weight excluding hydrogens is 394 g/mol. The van der Waals surface area contributed by atoms with Gasteiger partial charge in [0.25, 0.3) is 0 Å². The van der Waals surface area contributed by atoms with Crippen LogP contribution in [0.3, 0.4) is 0 Å². The number of rotatable bonds is 6. The number of aromatic nitrogens is 1. The van der Waals surface area contributed by atoms with Crippen LogP contribution >= 0.6 is 0 Å². The van der Waals surface area contributed by atoms with Crippen molar-refractivity contribution in [3.63, 3.8) is 0 Å². The third-order valence-electron chi connectivity index (χ3n) is 10.2. The van der Waals surface area contributed by atoms with E-state index in [1.807, 2.05) is 18.3 Å². The first kappa shape index (κ1) is 22.2. The smallest absolute Gasteiger partial charge is 0.140 e. The normalized spacial score (nSPS) is 40.6. The summed E-state index contributed by atoms with van der Waals surface area (Å²) in [5, 5.41) is 12.6. The molecule has 0 spiro atoms. The molecule has 0 amide bonds. The van der Waals surface area contributed by atoms with E-state index in [-0.39, 0.29) is 0 Å². The average Bonchev–Trinajstić information content (AvgIpc) is 3.17. The molecule has 0 bridgehead atoms. The van der Waals surface area contributed by atoms with Crippen molar-refractivity contribution in [2.45, 2.75) is 71.6 Å². The number of nitriles is 1. The maximum atomic E-state index is 8.97. The summed E-state index contributed by atoms with van der Waals surface area (Å²) in [4.78, 5) is 4.22. The van der Waals surface area contributed by atoms with Crippen LogP contribution in [0.4, 0.5) is 5.69 Å². The average molecular weight is 436 g/mol. The zero-order valence-electron chi connectivity index (χ0n) is 20.1. The standard InChI is InChI=1S/C28H41N3O/c1-3-32-18-19-4-9-24-20(14-19)5-10-26-25(24)12-13-28(2)21(6-11-27(26)28)16-30-23-8-7-22(15-29)31-17-23/h7-8,17,19-21,24-27,30H,3-6,9-14,16,18H2,1-2H3/t19-,20+,21+,24-,25?,26+,27?,28+/m0/s1. The van der Waals surface area contributed by atoms with E-state index in [0.29, 0.717) is 11.1 Å². The molecule has 4 fully saturated rings. The number of anilines is 1. The Bertz CT molecular complexity index is 817. The predicted octanol–water partition coefficient (Wildman–Crippen LogP) is 6.29. The van der Waals surface area contributed by atoms with Crippen LogP contribution in [-0.2, 0) is 4.74 Å². The highest BCUT2D eigenvalue weighted by Crippen LogP contribution is 2.64. The molecule has 0 aromatic carbocycles. The van der Waals surface area contributed by atoms with Gasteiger partial charge in [-0.3, -0.25) is 0 Å². The molecule has 0 radical (unpaired) electrons. The van der Waals surface area contributed by atoms with Crippen molar-refractivity contribution in [2.24, 2.45) is 46.8 Å². The highest BCUT2D eigenvalue weighted by Gasteiger charge is 2.56. The quantitative estimate of drug-likeness (QED) is 0.571. The Kier molecular flexibility index (Phi) is 6.48. The SMILES string of the molecule is CCOC[C@H]1CC[C@@H]2C3CC[C@@]4(C)C(CC[C@@H]4CNc4ccc(C#N)nc4)[C@@H]3CC[C@@H]2C1. The van der Waals surface area contributed by atoms with E-state index >= 15 is 0 Å². The van der Waals surface area contributed by atoms with E-state index < -0.39 is 0 Å². The van der Waals surface area contributed by atoms with Gasteiger partial charge in [-0.2, -0.15) is 5.26 Å². The lowest BCUT2D eigenvalue weighted by atomic mass is 9.49. The Morgan fingerprint density at radius 2 is 1.97 bits per heavy atom. The number of ether oxygens (including phenoxy) is 1. The molecule has 0 aliphatic heterocycles. The van der Waals surface area contributed by atoms with Gasteiger partial charge in [0.2, 0.25) is 0 Å². The first-order valence-corrected chi connectivity index (χ1v) is 13.3. The molecule has 174 valence electrons. The Balaban J connectivity index is 1.21. The molecule has 4 nitrogen and oxygen atoms in total. The van der Waals surface area contributed by atoms with Crippen molar-refractivity contribution in [1.29, 1.82) is 5.26 Å². The minimum absolute atomic E-state index is 0.490. The van der Waals surface area contributed by atoms with Crippen LogP contribution in [0.5, 0.6) is 0 Å². The van der Waals surface area contributed by atoms with Crippen LogP contribution in [0, 0.1) is 58.2 Å². The van der Waals surface area contributed by atoms with Crippen LogP contribution in [0.2, 0.25) is 0 Å². The lowest BCUT2D eigenvalue weighted by Gasteiger charge is -2.56. The first-order valence-electron chi connectivity index (χ1n) is 13.3. The van der Waals surface area contributed by atoms with E-state index in [9.17, 15) is 0 Å². The second kappa shape index (κ2) is 9.34. The van der Waals surface area contributed by atoms with Crippen molar-refractivity contribution in [1.82, 2.24) is 4.98 Å². The molecule has 5 rings (SSSR count). The van der Waals surface area contributed by atoms with Gasteiger partial charge in [0.05, 0.1) is 11.9 Å². The van der Waals surface area contributed by atoms with Gasteiger partial charge in [-0.05, 0) is 124 Å². The second-order valence-corrected chi connectivity index (χ2v) is 11.5. The van der Waals surface area contributed by atoms with Crippen LogP contribution in [-0.4, -0.2) is 24.7 Å². The highest BCUT2D eigenvalue weighted by atomic mass is 16.5. The van der Waals surface area contributed by atoms with E-state index in [0.717, 1.165) is 66.9 Å². The van der Waals surface area contributed by atoms with Gasteiger partial charge in [0.15, 0.2) is 0 Å². The van der Waals surface area contributed by atoms with Crippen LogP contribution < -0.4 is 5.32 Å². The molecular formula is C28H41N3O. The van der Waals surface area contributed by atoms with E-state index in [4.69, 9.17) is 10.00 Å². The summed E-state index contributed by atoms with van der Waals surface area (Å²) in [7, 11) is 0. The molecule has 1 aromatic heterocycles. The van der Waals surface area contributed by atoms with Crippen molar-refractivity contribution in [2.75, 3.05) is 25.1 Å². The van der Waals surface area contributed by atoms with Crippen molar-refractivity contribution < 1.29 is 4.74 Å². The Hall–Kier alpha value is -1.60. The topological polar surface area (TPSA) is 57.9 Å². The maximum Gasteiger partial charge on any atom is 0.140 e. The zero-order valence-corrected chi connectivity index (χ0v) is 20.1. The molecule has 8 atom stereocenters. The predicted molar refractivity (Wildman–Crippen MR) is 128 cm³/mol. The summed E-state index contributed by atoms with van der Waals surface area (Å²) >= 11 is 0. The number of hydrogen-bond donors (Lipinski definition) is 1. The number of pyridine rings is 1. The molecule has 1 aromatic rings. The summed E-state index contributed by atoms with van der Waals surface area (Å²) in [6.07, 6.45) is 14.7. The molecule has 1 heterocycles. The van der Waals surface area contributed by atoms with Gasteiger partial charge >= 0.3 is 0 Å². The van der Waals surface area contributed by atoms with Crippen LogP contribution in [0.15, 0.2) is 18.3 Å². The lowest BCUT2D eigenvalue weighted by Crippen LogP contribution is -2.49. The molecule has 0 saturated heterocycles. The van der Waals surface area contributed by atoms with Gasteiger partial charge in [-0.15, -0.1) is 0 Å². The zero-order chi connectivity index (χ0) is 22.1. The molecule has 4 saturated carbocycles. The number of fused-ring (bicyclic) bond motifs is 5. The fraction of sp³-hybridized carbons (Fsp3) is 0.786.